The zero-order valence-electron chi connectivity index (χ0n) is 16.1. The van der Waals surface area contributed by atoms with Crippen LogP contribution in [-0.4, -0.2) is 12.6 Å². The Hall–Kier alpha value is -1.83. The molecule has 0 spiro atoms. The molecule has 132 valence electrons. The summed E-state index contributed by atoms with van der Waals surface area (Å²) in [4.78, 5) is 11.4. The van der Waals surface area contributed by atoms with Gasteiger partial charge in [0.2, 0.25) is 0 Å². The molecule has 0 atom stereocenters. The fourth-order valence-electron chi connectivity index (χ4n) is 3.05. The SMILES string of the molecule is CCOC(=O)/C=C(C)/C=C/C=C(C)/C=C/C1=C(C)CCCC1(C)C. The molecule has 0 bridgehead atoms. The molecule has 2 heteroatoms. The lowest BCUT2D eigenvalue weighted by Gasteiger charge is -2.32. The van der Waals surface area contributed by atoms with Crippen molar-refractivity contribution in [3.8, 4) is 0 Å². The van der Waals surface area contributed by atoms with Crippen LogP contribution < -0.4 is 0 Å². The van der Waals surface area contributed by atoms with Crippen molar-refractivity contribution in [3.63, 3.8) is 0 Å². The van der Waals surface area contributed by atoms with Crippen molar-refractivity contribution in [2.45, 2.75) is 60.8 Å². The van der Waals surface area contributed by atoms with Gasteiger partial charge in [0.15, 0.2) is 0 Å². The van der Waals surface area contributed by atoms with Gasteiger partial charge in [-0.05, 0) is 63.5 Å². The molecule has 0 amide bonds. The highest BCUT2D eigenvalue weighted by Gasteiger charge is 2.26. The maximum absolute atomic E-state index is 11.4. The highest BCUT2D eigenvalue weighted by Crippen LogP contribution is 2.40. The second-order valence-corrected chi connectivity index (χ2v) is 7.17. The molecule has 0 N–H and O–H groups in total. The zero-order chi connectivity index (χ0) is 18.2. The van der Waals surface area contributed by atoms with Gasteiger partial charge in [-0.3, -0.25) is 0 Å². The third-order valence-electron chi connectivity index (χ3n) is 4.41. The summed E-state index contributed by atoms with van der Waals surface area (Å²) in [6.07, 6.45) is 15.7. The molecule has 24 heavy (non-hydrogen) atoms. The molecule has 1 rings (SSSR count). The Kier molecular flexibility index (Phi) is 7.97. The van der Waals surface area contributed by atoms with Gasteiger partial charge in [-0.25, -0.2) is 4.79 Å². The molecule has 1 aliphatic rings. The first-order valence-corrected chi connectivity index (χ1v) is 8.84. The standard InChI is InChI=1S/C22H32O2/c1-7-24-21(23)16-18(3)11-8-10-17(2)13-14-20-19(4)12-9-15-22(20,5)6/h8,10-11,13-14,16H,7,9,12,15H2,1-6H3/b11-8+,14-13+,17-10+,18-16+. The van der Waals surface area contributed by atoms with E-state index in [0.29, 0.717) is 6.61 Å². The normalized spacial score (nSPS) is 19.4. The smallest absolute Gasteiger partial charge is 0.330 e. The van der Waals surface area contributed by atoms with Crippen LogP contribution in [0, 0.1) is 5.41 Å². The van der Waals surface area contributed by atoms with Crippen molar-refractivity contribution in [3.05, 3.63) is 58.7 Å². The predicted octanol–water partition coefficient (Wildman–Crippen LogP) is 6.08. The van der Waals surface area contributed by atoms with Crippen molar-refractivity contribution in [2.24, 2.45) is 5.41 Å². The monoisotopic (exact) mass is 328 g/mol. The van der Waals surface area contributed by atoms with Crippen molar-refractivity contribution in [1.29, 1.82) is 0 Å². The van der Waals surface area contributed by atoms with Gasteiger partial charge >= 0.3 is 5.97 Å². The lowest BCUT2D eigenvalue weighted by molar-refractivity contribution is -0.137. The Morgan fingerprint density at radius 2 is 1.92 bits per heavy atom. The van der Waals surface area contributed by atoms with Crippen LogP contribution in [-0.2, 0) is 9.53 Å². The van der Waals surface area contributed by atoms with E-state index in [1.807, 2.05) is 19.1 Å². The van der Waals surface area contributed by atoms with Crippen LogP contribution in [0.3, 0.4) is 0 Å². The maximum atomic E-state index is 11.4. The largest absolute Gasteiger partial charge is 0.463 e. The van der Waals surface area contributed by atoms with Crippen molar-refractivity contribution in [1.82, 2.24) is 0 Å². The summed E-state index contributed by atoms with van der Waals surface area (Å²) in [6, 6.07) is 0. The van der Waals surface area contributed by atoms with Crippen LogP contribution in [0.25, 0.3) is 0 Å². The van der Waals surface area contributed by atoms with E-state index in [1.54, 1.807) is 6.92 Å². The van der Waals surface area contributed by atoms with Crippen LogP contribution in [0.5, 0.6) is 0 Å². The minimum atomic E-state index is -0.290. The fourth-order valence-corrected chi connectivity index (χ4v) is 3.05. The first kappa shape index (κ1) is 20.2. The maximum Gasteiger partial charge on any atom is 0.330 e. The average molecular weight is 328 g/mol. The average Bonchev–Trinajstić information content (AvgIpc) is 2.46. The van der Waals surface area contributed by atoms with Gasteiger partial charge in [-0.15, -0.1) is 0 Å². The van der Waals surface area contributed by atoms with E-state index in [2.05, 4.69) is 45.9 Å². The Morgan fingerprint density at radius 1 is 1.21 bits per heavy atom. The summed E-state index contributed by atoms with van der Waals surface area (Å²) in [6.45, 7) is 13.1. The molecule has 0 heterocycles. The van der Waals surface area contributed by atoms with E-state index in [1.165, 1.54) is 42.1 Å². The van der Waals surface area contributed by atoms with Crippen molar-refractivity contribution in [2.75, 3.05) is 6.61 Å². The van der Waals surface area contributed by atoms with Crippen LogP contribution in [0.4, 0.5) is 0 Å². The van der Waals surface area contributed by atoms with Gasteiger partial charge in [0.05, 0.1) is 6.61 Å². The van der Waals surface area contributed by atoms with Crippen LogP contribution in [0.15, 0.2) is 58.7 Å². The third-order valence-corrected chi connectivity index (χ3v) is 4.41. The summed E-state index contributed by atoms with van der Waals surface area (Å²) in [5.74, 6) is -0.290. The van der Waals surface area contributed by atoms with E-state index in [4.69, 9.17) is 4.74 Å². The molecule has 0 saturated heterocycles. The molecule has 0 unspecified atom stereocenters. The van der Waals surface area contributed by atoms with Gasteiger partial charge in [0.1, 0.15) is 0 Å². The molecule has 0 radical (unpaired) electrons. The van der Waals surface area contributed by atoms with E-state index >= 15 is 0 Å². The van der Waals surface area contributed by atoms with E-state index in [9.17, 15) is 4.79 Å². The molecule has 0 aromatic rings. The molecular weight excluding hydrogens is 296 g/mol. The molecule has 0 aromatic heterocycles. The number of carbonyl (C=O) groups is 1. The Labute approximate surface area is 147 Å². The second-order valence-electron chi connectivity index (χ2n) is 7.17. The van der Waals surface area contributed by atoms with Crippen molar-refractivity contribution >= 4 is 5.97 Å². The summed E-state index contributed by atoms with van der Waals surface area (Å²) < 4.78 is 4.89. The Bertz CT molecular complexity index is 595. The van der Waals surface area contributed by atoms with E-state index in [0.717, 1.165) is 5.57 Å². The first-order chi connectivity index (χ1) is 11.3. The minimum Gasteiger partial charge on any atom is -0.463 e. The molecule has 0 aromatic carbocycles. The van der Waals surface area contributed by atoms with E-state index < -0.39 is 0 Å². The quantitative estimate of drug-likeness (QED) is 0.335. The lowest BCUT2D eigenvalue weighted by atomic mass is 9.72. The highest BCUT2D eigenvalue weighted by molar-refractivity contribution is 5.83. The van der Waals surface area contributed by atoms with Gasteiger partial charge in [0, 0.05) is 6.08 Å². The number of rotatable bonds is 6. The highest BCUT2D eigenvalue weighted by atomic mass is 16.5. The molecule has 2 nitrogen and oxygen atoms in total. The number of esters is 1. The number of hydrogen-bond acceptors (Lipinski definition) is 2. The second kappa shape index (κ2) is 9.46. The zero-order valence-corrected chi connectivity index (χ0v) is 16.1. The van der Waals surface area contributed by atoms with Gasteiger partial charge in [-0.2, -0.15) is 0 Å². The van der Waals surface area contributed by atoms with Gasteiger partial charge in [0.25, 0.3) is 0 Å². The fraction of sp³-hybridized carbons (Fsp3) is 0.500. The number of allylic oxidation sites excluding steroid dienone is 9. The van der Waals surface area contributed by atoms with Gasteiger partial charge in [-0.1, -0.05) is 55.4 Å². The summed E-state index contributed by atoms with van der Waals surface area (Å²) in [7, 11) is 0. The third kappa shape index (κ3) is 6.74. The van der Waals surface area contributed by atoms with Crippen LogP contribution in [0.1, 0.15) is 60.8 Å². The first-order valence-electron chi connectivity index (χ1n) is 8.84. The number of ether oxygens (including phenoxy) is 1. The number of hydrogen-bond donors (Lipinski definition) is 0. The van der Waals surface area contributed by atoms with Gasteiger partial charge < -0.3 is 4.74 Å². The molecule has 1 aliphatic carbocycles. The topological polar surface area (TPSA) is 26.3 Å². The number of carbonyl (C=O) groups excluding carboxylic acids is 1. The molecule has 0 saturated carbocycles. The predicted molar refractivity (Wildman–Crippen MR) is 103 cm³/mol. The lowest BCUT2D eigenvalue weighted by Crippen LogP contribution is -2.19. The Balaban J connectivity index is 2.73. The molecule has 0 fully saturated rings. The Morgan fingerprint density at radius 3 is 2.54 bits per heavy atom. The molecular formula is C22H32O2. The minimum absolute atomic E-state index is 0.272. The van der Waals surface area contributed by atoms with Crippen LogP contribution in [0.2, 0.25) is 0 Å². The van der Waals surface area contributed by atoms with Crippen LogP contribution >= 0.6 is 0 Å². The van der Waals surface area contributed by atoms with Crippen molar-refractivity contribution < 1.29 is 9.53 Å². The summed E-state index contributed by atoms with van der Waals surface area (Å²) >= 11 is 0. The summed E-state index contributed by atoms with van der Waals surface area (Å²) in [5, 5.41) is 0. The van der Waals surface area contributed by atoms with E-state index in [-0.39, 0.29) is 11.4 Å². The molecule has 0 aliphatic heterocycles. The summed E-state index contributed by atoms with van der Waals surface area (Å²) in [5.41, 5.74) is 5.33.